The lowest BCUT2D eigenvalue weighted by Gasteiger charge is -2.11. The van der Waals surface area contributed by atoms with Crippen molar-refractivity contribution in [2.24, 2.45) is 0 Å². The van der Waals surface area contributed by atoms with Crippen molar-refractivity contribution in [3.63, 3.8) is 0 Å². The number of nitrogens with one attached hydrogen (secondary N) is 2. The van der Waals surface area contributed by atoms with Gasteiger partial charge in [-0.3, -0.25) is 14.9 Å². The van der Waals surface area contributed by atoms with Gasteiger partial charge in [-0.05, 0) is 30.3 Å². The highest BCUT2D eigenvalue weighted by atomic mass is 79.9. The molecule has 0 aromatic heterocycles. The third kappa shape index (κ3) is 6.04. The predicted molar refractivity (Wildman–Crippen MR) is 102 cm³/mol. The Hall–Kier alpha value is -2.98. The van der Waals surface area contributed by atoms with Crippen molar-refractivity contribution in [3.8, 4) is 0 Å². The second-order valence-electron chi connectivity index (χ2n) is 5.27. The zero-order valence-electron chi connectivity index (χ0n) is 14.0. The smallest absolute Gasteiger partial charge is 0.341 e. The number of nitro groups is 1. The molecule has 0 aliphatic carbocycles. The number of nitro benzene ring substituents is 1. The second kappa shape index (κ2) is 9.64. The standard InChI is InChI=1S/C17H16BrN3O6/c18-11-1-3-12(4-2-11)20-16(23)10-27-17(24)14-9-13(21(25)26)5-6-15(14)19-7-8-22/h1-6,9,19,22H,7-8,10H2,(H,20,23). The molecule has 27 heavy (non-hydrogen) atoms. The summed E-state index contributed by atoms with van der Waals surface area (Å²) in [6.07, 6.45) is 0. The molecule has 0 aliphatic heterocycles. The number of carbonyl (C=O) groups excluding carboxylic acids is 2. The first-order chi connectivity index (χ1) is 12.9. The Morgan fingerprint density at radius 2 is 1.89 bits per heavy atom. The average Bonchev–Trinajstić information content (AvgIpc) is 2.66. The maximum absolute atomic E-state index is 12.3. The molecule has 0 unspecified atom stereocenters. The molecule has 2 rings (SSSR count). The van der Waals surface area contributed by atoms with Crippen LogP contribution in [0.25, 0.3) is 0 Å². The van der Waals surface area contributed by atoms with Gasteiger partial charge in [0.25, 0.3) is 11.6 Å². The number of hydrogen-bond donors (Lipinski definition) is 3. The fourth-order valence-corrected chi connectivity index (χ4v) is 2.36. The molecule has 0 spiro atoms. The molecule has 0 heterocycles. The summed E-state index contributed by atoms with van der Waals surface area (Å²) in [6.45, 7) is -0.611. The quantitative estimate of drug-likeness (QED) is 0.328. The lowest BCUT2D eigenvalue weighted by molar-refractivity contribution is -0.384. The maximum atomic E-state index is 12.3. The van der Waals surface area contributed by atoms with Crippen LogP contribution in [0.3, 0.4) is 0 Å². The molecular weight excluding hydrogens is 422 g/mol. The topological polar surface area (TPSA) is 131 Å². The van der Waals surface area contributed by atoms with Crippen LogP contribution in [0.4, 0.5) is 17.1 Å². The van der Waals surface area contributed by atoms with Crippen LogP contribution in [0.5, 0.6) is 0 Å². The summed E-state index contributed by atoms with van der Waals surface area (Å²) in [5, 5.41) is 25.1. The predicted octanol–water partition coefficient (Wildman–Crippen LogP) is 2.56. The van der Waals surface area contributed by atoms with E-state index in [1.165, 1.54) is 12.1 Å². The summed E-state index contributed by atoms with van der Waals surface area (Å²) in [5.41, 5.74) is 0.387. The van der Waals surface area contributed by atoms with Gasteiger partial charge in [0.1, 0.15) is 0 Å². The van der Waals surface area contributed by atoms with Gasteiger partial charge in [0.2, 0.25) is 0 Å². The zero-order valence-corrected chi connectivity index (χ0v) is 15.6. The summed E-state index contributed by atoms with van der Waals surface area (Å²) in [5.74, 6) is -1.45. The summed E-state index contributed by atoms with van der Waals surface area (Å²) in [7, 11) is 0. The van der Waals surface area contributed by atoms with Gasteiger partial charge in [-0.25, -0.2) is 4.79 Å². The largest absolute Gasteiger partial charge is 0.452 e. The van der Waals surface area contributed by atoms with Gasteiger partial charge in [-0.2, -0.15) is 0 Å². The first-order valence-corrected chi connectivity index (χ1v) is 8.55. The van der Waals surface area contributed by atoms with Crippen LogP contribution in [0, 0.1) is 10.1 Å². The monoisotopic (exact) mass is 437 g/mol. The van der Waals surface area contributed by atoms with E-state index in [1.54, 1.807) is 24.3 Å². The number of nitrogens with zero attached hydrogens (tertiary/aromatic N) is 1. The Bertz CT molecular complexity index is 841. The number of rotatable bonds is 8. The minimum atomic E-state index is -0.898. The van der Waals surface area contributed by atoms with Crippen molar-refractivity contribution in [1.29, 1.82) is 0 Å². The summed E-state index contributed by atoms with van der Waals surface area (Å²) in [4.78, 5) is 34.5. The van der Waals surface area contributed by atoms with Gasteiger partial charge in [-0.15, -0.1) is 0 Å². The SMILES string of the molecule is O=C(COC(=O)c1cc([N+](=O)[O-])ccc1NCCO)Nc1ccc(Br)cc1. The number of non-ortho nitro benzene ring substituents is 1. The summed E-state index contributed by atoms with van der Waals surface area (Å²) < 4.78 is 5.80. The van der Waals surface area contributed by atoms with Crippen LogP contribution in [0.15, 0.2) is 46.9 Å². The van der Waals surface area contributed by atoms with Gasteiger partial charge in [0.05, 0.1) is 17.1 Å². The molecule has 142 valence electrons. The molecule has 9 nitrogen and oxygen atoms in total. The lowest BCUT2D eigenvalue weighted by Crippen LogP contribution is -2.21. The first-order valence-electron chi connectivity index (χ1n) is 7.76. The van der Waals surface area contributed by atoms with E-state index in [9.17, 15) is 19.7 Å². The number of ether oxygens (including phenoxy) is 1. The van der Waals surface area contributed by atoms with Gasteiger partial charge in [-0.1, -0.05) is 15.9 Å². The van der Waals surface area contributed by atoms with Crippen molar-refractivity contribution >= 4 is 44.9 Å². The van der Waals surface area contributed by atoms with Gasteiger partial charge in [0.15, 0.2) is 6.61 Å². The maximum Gasteiger partial charge on any atom is 0.341 e. The Morgan fingerprint density at radius 3 is 2.52 bits per heavy atom. The van der Waals surface area contributed by atoms with Crippen LogP contribution >= 0.6 is 15.9 Å². The summed E-state index contributed by atoms with van der Waals surface area (Å²) >= 11 is 3.28. The molecule has 0 fully saturated rings. The van der Waals surface area contributed by atoms with Crippen LogP contribution < -0.4 is 10.6 Å². The van der Waals surface area contributed by atoms with E-state index in [0.29, 0.717) is 5.69 Å². The van der Waals surface area contributed by atoms with Crippen molar-refractivity contribution in [1.82, 2.24) is 0 Å². The Kier molecular flexibility index (Phi) is 7.26. The Morgan fingerprint density at radius 1 is 1.19 bits per heavy atom. The molecule has 0 radical (unpaired) electrons. The molecule has 0 aliphatic rings. The lowest BCUT2D eigenvalue weighted by atomic mass is 10.1. The minimum absolute atomic E-state index is 0.103. The average molecular weight is 438 g/mol. The molecule has 0 saturated heterocycles. The molecule has 0 bridgehead atoms. The Balaban J connectivity index is 2.04. The third-order valence-electron chi connectivity index (χ3n) is 3.32. The van der Waals surface area contributed by atoms with Crippen LogP contribution in [-0.2, 0) is 9.53 Å². The Labute approximate surface area is 162 Å². The minimum Gasteiger partial charge on any atom is -0.452 e. The number of aliphatic hydroxyl groups is 1. The number of carbonyl (C=O) groups is 2. The van der Waals surface area contributed by atoms with E-state index in [0.717, 1.165) is 10.5 Å². The molecule has 1 amide bonds. The number of anilines is 2. The molecule has 0 atom stereocenters. The zero-order chi connectivity index (χ0) is 19.8. The molecule has 3 N–H and O–H groups in total. The number of halogens is 1. The van der Waals surface area contributed by atoms with Crippen molar-refractivity contribution < 1.29 is 24.4 Å². The van der Waals surface area contributed by atoms with Crippen molar-refractivity contribution in [2.45, 2.75) is 0 Å². The fraction of sp³-hybridized carbons (Fsp3) is 0.176. The number of hydrogen-bond acceptors (Lipinski definition) is 7. The van der Waals surface area contributed by atoms with Gasteiger partial charge in [0, 0.05) is 34.5 Å². The van der Waals surface area contributed by atoms with Crippen LogP contribution in [0.1, 0.15) is 10.4 Å². The van der Waals surface area contributed by atoms with Crippen molar-refractivity contribution in [2.75, 3.05) is 30.4 Å². The van der Waals surface area contributed by atoms with Crippen LogP contribution in [0.2, 0.25) is 0 Å². The number of aliphatic hydroxyl groups excluding tert-OH is 1. The highest BCUT2D eigenvalue weighted by Crippen LogP contribution is 2.23. The van der Waals surface area contributed by atoms with E-state index in [1.807, 2.05) is 0 Å². The first kappa shape index (κ1) is 20.3. The number of amides is 1. The second-order valence-corrected chi connectivity index (χ2v) is 6.18. The van der Waals surface area contributed by atoms with Crippen LogP contribution in [-0.4, -0.2) is 41.7 Å². The van der Waals surface area contributed by atoms with E-state index in [4.69, 9.17) is 9.84 Å². The molecule has 2 aromatic carbocycles. The van der Waals surface area contributed by atoms with Crippen molar-refractivity contribution in [3.05, 3.63) is 62.6 Å². The van der Waals surface area contributed by atoms with E-state index < -0.39 is 23.4 Å². The van der Waals surface area contributed by atoms with E-state index >= 15 is 0 Å². The fourth-order valence-electron chi connectivity index (χ4n) is 2.10. The molecule has 0 saturated carbocycles. The number of esters is 1. The van der Waals surface area contributed by atoms with Gasteiger partial charge >= 0.3 is 5.97 Å². The van der Waals surface area contributed by atoms with E-state index in [2.05, 4.69) is 26.6 Å². The summed E-state index contributed by atoms with van der Waals surface area (Å²) in [6, 6.07) is 10.4. The third-order valence-corrected chi connectivity index (χ3v) is 3.85. The molecule has 10 heteroatoms. The highest BCUT2D eigenvalue weighted by molar-refractivity contribution is 9.10. The molecular formula is C17H16BrN3O6. The molecule has 2 aromatic rings. The highest BCUT2D eigenvalue weighted by Gasteiger charge is 2.19. The van der Waals surface area contributed by atoms with Gasteiger partial charge < -0.3 is 20.5 Å². The number of benzene rings is 2. The normalized spacial score (nSPS) is 10.1. The van der Waals surface area contributed by atoms with E-state index in [-0.39, 0.29) is 30.1 Å².